The second-order valence-corrected chi connectivity index (χ2v) is 9.36. The van der Waals surface area contributed by atoms with Gasteiger partial charge in [-0.1, -0.05) is 39.0 Å². The van der Waals surface area contributed by atoms with E-state index < -0.39 is 0 Å². The highest BCUT2D eigenvalue weighted by Crippen LogP contribution is 2.32. The molecule has 0 saturated heterocycles. The maximum absolute atomic E-state index is 10.9. The van der Waals surface area contributed by atoms with Gasteiger partial charge in [0.15, 0.2) is 0 Å². The van der Waals surface area contributed by atoms with E-state index in [0.717, 1.165) is 17.5 Å². The van der Waals surface area contributed by atoms with E-state index in [1.807, 2.05) is 42.5 Å². The summed E-state index contributed by atoms with van der Waals surface area (Å²) in [4.78, 5) is 0. The van der Waals surface area contributed by atoms with Crippen LogP contribution in [0, 0.1) is 0 Å². The lowest BCUT2D eigenvalue weighted by atomic mass is 9.97. The molecule has 3 aromatic carbocycles. The van der Waals surface area contributed by atoms with Crippen molar-refractivity contribution in [2.24, 2.45) is 0 Å². The third-order valence-electron chi connectivity index (χ3n) is 6.44. The average molecular weight is 479 g/mol. The summed E-state index contributed by atoms with van der Waals surface area (Å²) >= 11 is 0. The number of fused-ring (bicyclic) bond motifs is 6. The van der Waals surface area contributed by atoms with Gasteiger partial charge in [-0.05, 0) is 47.7 Å². The third kappa shape index (κ3) is 5.78. The summed E-state index contributed by atoms with van der Waals surface area (Å²) in [6.45, 7) is 7.44. The first-order valence-electron chi connectivity index (χ1n) is 12.1. The highest BCUT2D eigenvalue weighted by molar-refractivity contribution is 5.45. The number of ether oxygens (including phenoxy) is 3. The van der Waals surface area contributed by atoms with Crippen LogP contribution >= 0.6 is 0 Å². The van der Waals surface area contributed by atoms with Crippen LogP contribution in [0.1, 0.15) is 71.2 Å². The highest BCUT2D eigenvalue weighted by atomic mass is 16.5. The normalized spacial score (nSPS) is 15.0. The van der Waals surface area contributed by atoms with Gasteiger partial charge in [-0.2, -0.15) is 0 Å². The van der Waals surface area contributed by atoms with Gasteiger partial charge in [0.1, 0.15) is 17.2 Å². The Hall–Kier alpha value is -3.06. The Morgan fingerprint density at radius 1 is 0.629 bits per heavy atom. The van der Waals surface area contributed by atoms with Crippen LogP contribution in [-0.4, -0.2) is 15.3 Å². The van der Waals surface area contributed by atoms with Gasteiger partial charge in [0, 0.05) is 33.4 Å². The van der Waals surface area contributed by atoms with Crippen LogP contribution in [0.3, 0.4) is 0 Å². The summed E-state index contributed by atoms with van der Waals surface area (Å²) in [5, 5.41) is 32.6. The topological polar surface area (TPSA) is 88.4 Å². The lowest BCUT2D eigenvalue weighted by Gasteiger charge is -2.18. The molecule has 0 aromatic heterocycles. The first-order chi connectivity index (χ1) is 16.9. The number of phenols is 3. The maximum Gasteiger partial charge on any atom is 0.126 e. The molecule has 0 spiro atoms. The zero-order valence-corrected chi connectivity index (χ0v) is 20.6. The van der Waals surface area contributed by atoms with Crippen molar-refractivity contribution in [1.82, 2.24) is 0 Å². The highest BCUT2D eigenvalue weighted by Gasteiger charge is 2.16. The second kappa shape index (κ2) is 11.1. The predicted octanol–water partition coefficient (Wildman–Crippen LogP) is 5.95. The van der Waals surface area contributed by atoms with Crippen molar-refractivity contribution < 1.29 is 29.5 Å². The summed E-state index contributed by atoms with van der Waals surface area (Å²) in [6, 6.07) is 13.3. The van der Waals surface area contributed by atoms with Gasteiger partial charge < -0.3 is 29.5 Å². The monoisotopic (exact) mass is 478 g/mol. The van der Waals surface area contributed by atoms with Gasteiger partial charge in [-0.3, -0.25) is 0 Å². The molecule has 4 rings (SSSR count). The molecule has 3 N–H and O–H groups in total. The van der Waals surface area contributed by atoms with E-state index >= 15 is 0 Å². The lowest BCUT2D eigenvalue weighted by Crippen LogP contribution is -2.04. The van der Waals surface area contributed by atoms with E-state index in [1.165, 1.54) is 0 Å². The number of rotatable bonds is 2. The molecule has 186 valence electrons. The molecule has 6 heteroatoms. The number of aryl methyl sites for hydroxylation is 1. The molecular formula is C29H34O6. The van der Waals surface area contributed by atoms with E-state index in [9.17, 15) is 15.3 Å². The van der Waals surface area contributed by atoms with Crippen molar-refractivity contribution in [3.8, 4) is 17.2 Å². The first-order valence-corrected chi connectivity index (χ1v) is 12.1. The summed E-state index contributed by atoms with van der Waals surface area (Å²) in [5.74, 6) is 0.694. The zero-order valence-electron chi connectivity index (χ0n) is 20.6. The van der Waals surface area contributed by atoms with Crippen molar-refractivity contribution in [3.63, 3.8) is 0 Å². The van der Waals surface area contributed by atoms with Crippen LogP contribution in [0.2, 0.25) is 0 Å². The minimum atomic E-state index is 0.134. The standard InChI is InChI=1S/C29H34O6/c1-4-19-8-23-14-33-12-20-6-5-7-21(27(20)30)13-34-16-25-10-22(18(2)3)11-26(29(25)32)17-35-15-24(9-19)28(23)31/h5-11,18,30-32H,4,12-17H2,1-3H3. The van der Waals surface area contributed by atoms with Gasteiger partial charge in [-0.15, -0.1) is 0 Å². The molecule has 0 atom stereocenters. The third-order valence-corrected chi connectivity index (χ3v) is 6.44. The lowest BCUT2D eigenvalue weighted by molar-refractivity contribution is 0.0930. The fourth-order valence-corrected chi connectivity index (χ4v) is 4.29. The Morgan fingerprint density at radius 3 is 1.40 bits per heavy atom. The summed E-state index contributed by atoms with van der Waals surface area (Å²) in [7, 11) is 0. The van der Waals surface area contributed by atoms with Crippen LogP contribution in [0.15, 0.2) is 42.5 Å². The molecule has 0 unspecified atom stereocenters. The number of hydrogen-bond acceptors (Lipinski definition) is 6. The van der Waals surface area contributed by atoms with Crippen molar-refractivity contribution >= 4 is 0 Å². The maximum atomic E-state index is 10.9. The van der Waals surface area contributed by atoms with Crippen molar-refractivity contribution in [3.05, 3.63) is 87.0 Å². The van der Waals surface area contributed by atoms with Crippen LogP contribution < -0.4 is 0 Å². The van der Waals surface area contributed by atoms with Crippen LogP contribution in [0.5, 0.6) is 17.2 Å². The van der Waals surface area contributed by atoms with Gasteiger partial charge in [0.2, 0.25) is 0 Å². The average Bonchev–Trinajstić information content (AvgIpc) is 2.84. The molecule has 3 aromatic rings. The zero-order chi connectivity index (χ0) is 24.9. The Balaban J connectivity index is 1.72. The quantitative estimate of drug-likeness (QED) is 0.422. The summed E-state index contributed by atoms with van der Waals surface area (Å²) in [5.41, 5.74) is 6.15. The largest absolute Gasteiger partial charge is 0.507 e. The Labute approximate surface area is 206 Å². The van der Waals surface area contributed by atoms with Crippen molar-refractivity contribution in [2.75, 3.05) is 0 Å². The second-order valence-electron chi connectivity index (χ2n) is 9.36. The number of benzene rings is 3. The van der Waals surface area contributed by atoms with Gasteiger partial charge in [-0.25, -0.2) is 0 Å². The van der Waals surface area contributed by atoms with E-state index in [-0.39, 0.29) is 62.8 Å². The van der Waals surface area contributed by atoms with Crippen molar-refractivity contribution in [2.45, 2.75) is 72.8 Å². The summed E-state index contributed by atoms with van der Waals surface area (Å²) in [6.07, 6.45) is 0.809. The molecule has 0 radical (unpaired) electrons. The summed E-state index contributed by atoms with van der Waals surface area (Å²) < 4.78 is 17.7. The first kappa shape index (κ1) is 25.0. The molecule has 6 bridgehead atoms. The molecule has 1 aliphatic rings. The Kier molecular flexibility index (Phi) is 7.96. The molecule has 0 amide bonds. The van der Waals surface area contributed by atoms with E-state index in [0.29, 0.717) is 33.4 Å². The van der Waals surface area contributed by atoms with E-state index in [4.69, 9.17) is 14.2 Å². The number of phenolic OH excluding ortho intramolecular Hbond substituents is 3. The van der Waals surface area contributed by atoms with Crippen LogP contribution in [0.25, 0.3) is 0 Å². The smallest absolute Gasteiger partial charge is 0.126 e. The Morgan fingerprint density at radius 2 is 1.00 bits per heavy atom. The van der Waals surface area contributed by atoms with E-state index in [2.05, 4.69) is 20.8 Å². The molecule has 1 heterocycles. The molecule has 6 nitrogen and oxygen atoms in total. The number of para-hydroxylation sites is 1. The fraction of sp³-hybridized carbons (Fsp3) is 0.379. The molecule has 0 saturated carbocycles. The van der Waals surface area contributed by atoms with E-state index in [1.54, 1.807) is 0 Å². The molecule has 35 heavy (non-hydrogen) atoms. The molecule has 0 fully saturated rings. The predicted molar refractivity (Wildman–Crippen MR) is 133 cm³/mol. The minimum Gasteiger partial charge on any atom is -0.507 e. The van der Waals surface area contributed by atoms with Crippen LogP contribution in [-0.2, 0) is 60.3 Å². The SMILES string of the molecule is CCc1cc2c(O)c(c1)COCc1cc(C(C)C)cc(c1O)COCc1cccc(c1O)COC2. The fourth-order valence-electron chi connectivity index (χ4n) is 4.29. The van der Waals surface area contributed by atoms with Crippen molar-refractivity contribution in [1.29, 1.82) is 0 Å². The number of aromatic hydroxyl groups is 3. The number of hydrogen-bond donors (Lipinski definition) is 3. The van der Waals surface area contributed by atoms with Gasteiger partial charge in [0.05, 0.1) is 39.6 Å². The van der Waals surface area contributed by atoms with Crippen LogP contribution in [0.4, 0.5) is 0 Å². The molecule has 1 aliphatic heterocycles. The van der Waals surface area contributed by atoms with Gasteiger partial charge >= 0.3 is 0 Å². The van der Waals surface area contributed by atoms with Gasteiger partial charge in [0.25, 0.3) is 0 Å². The minimum absolute atomic E-state index is 0.134. The Bertz CT molecular complexity index is 1180. The molecule has 0 aliphatic carbocycles. The molecular weight excluding hydrogens is 444 g/mol.